The Morgan fingerprint density at radius 1 is 1.40 bits per heavy atom. The molecule has 0 spiro atoms. The first-order valence-electron chi connectivity index (χ1n) is 5.52. The Morgan fingerprint density at radius 2 is 2.20 bits per heavy atom. The number of guanidine groups is 1. The molecule has 0 atom stereocenters. The van der Waals surface area contributed by atoms with Gasteiger partial charge in [-0.1, -0.05) is 22.0 Å². The van der Waals surface area contributed by atoms with Crippen LogP contribution in [0.15, 0.2) is 52.1 Å². The predicted octanol–water partition coefficient (Wildman–Crippen LogP) is 2.81. The summed E-state index contributed by atoms with van der Waals surface area (Å²) in [5.41, 5.74) is 6.41. The van der Waals surface area contributed by atoms with E-state index in [4.69, 9.17) is 5.73 Å². The van der Waals surface area contributed by atoms with Gasteiger partial charge in [-0.15, -0.1) is 0 Å². The van der Waals surface area contributed by atoms with Crippen molar-refractivity contribution in [3.63, 3.8) is 0 Å². The number of nitrogens with two attached hydrogens (primary N) is 1. The van der Waals surface area contributed by atoms with E-state index < -0.39 is 4.92 Å². The van der Waals surface area contributed by atoms with E-state index >= 15 is 0 Å². The fourth-order valence-electron chi connectivity index (χ4n) is 1.42. The van der Waals surface area contributed by atoms with Gasteiger partial charge in [0.15, 0.2) is 11.8 Å². The third-order valence-corrected chi connectivity index (χ3v) is 2.77. The number of anilines is 1. The lowest BCUT2D eigenvalue weighted by atomic mass is 10.3. The summed E-state index contributed by atoms with van der Waals surface area (Å²) in [6.07, 6.45) is 1.13. The van der Waals surface area contributed by atoms with Crippen LogP contribution in [-0.4, -0.2) is 15.9 Å². The van der Waals surface area contributed by atoms with Gasteiger partial charge in [-0.05, 0) is 24.3 Å². The molecule has 1 aromatic carbocycles. The van der Waals surface area contributed by atoms with Crippen LogP contribution in [0.1, 0.15) is 0 Å². The van der Waals surface area contributed by atoms with Gasteiger partial charge in [0.05, 0.1) is 4.92 Å². The quantitative estimate of drug-likeness (QED) is 0.388. The minimum absolute atomic E-state index is 0.0949. The Balaban J connectivity index is 2.12. The van der Waals surface area contributed by atoms with E-state index in [1.165, 1.54) is 12.1 Å². The second-order valence-electron chi connectivity index (χ2n) is 3.76. The number of nitro groups is 1. The van der Waals surface area contributed by atoms with Crippen LogP contribution >= 0.6 is 15.9 Å². The highest BCUT2D eigenvalue weighted by Gasteiger charge is 2.05. The Bertz CT molecular complexity index is 657. The predicted molar refractivity (Wildman–Crippen MR) is 79.9 cm³/mol. The number of nitrogens with one attached hydrogen (secondary N) is 1. The van der Waals surface area contributed by atoms with Crippen LogP contribution in [0.3, 0.4) is 0 Å². The molecule has 0 bridgehead atoms. The summed E-state index contributed by atoms with van der Waals surface area (Å²) in [5, 5.41) is 13.4. The molecule has 0 unspecified atom stereocenters. The number of pyridine rings is 1. The van der Waals surface area contributed by atoms with Gasteiger partial charge >= 0.3 is 0 Å². The molecule has 0 aliphatic rings. The number of benzene rings is 1. The highest BCUT2D eigenvalue weighted by molar-refractivity contribution is 9.10. The van der Waals surface area contributed by atoms with E-state index in [0.29, 0.717) is 0 Å². The van der Waals surface area contributed by atoms with E-state index in [2.05, 4.69) is 31.2 Å². The standard InChI is InChI=1S/C12H10BrN5O2/c13-8-2-1-3-9(6-8)16-12(14)17-11-5-4-10(7-15-11)18(19)20/h1-7H,(H3,14,15,16,17). The summed E-state index contributed by atoms with van der Waals surface area (Å²) < 4.78 is 0.906. The smallest absolute Gasteiger partial charge is 0.287 e. The lowest BCUT2D eigenvalue weighted by Crippen LogP contribution is -2.21. The summed E-state index contributed by atoms with van der Waals surface area (Å²) in [5.74, 6) is 0.431. The van der Waals surface area contributed by atoms with E-state index in [-0.39, 0.29) is 17.5 Å². The molecule has 0 saturated heterocycles. The molecule has 8 heteroatoms. The molecule has 2 aromatic rings. The van der Waals surface area contributed by atoms with Crippen LogP contribution < -0.4 is 11.1 Å². The van der Waals surface area contributed by atoms with Gasteiger partial charge in [0.2, 0.25) is 0 Å². The number of halogens is 1. The van der Waals surface area contributed by atoms with Gasteiger partial charge in [-0.2, -0.15) is 4.99 Å². The molecule has 2 rings (SSSR count). The number of rotatable bonds is 3. The maximum atomic E-state index is 10.5. The van der Waals surface area contributed by atoms with Crippen LogP contribution in [0, 0.1) is 10.1 Å². The number of nitrogens with zero attached hydrogens (tertiary/aromatic N) is 3. The van der Waals surface area contributed by atoms with Gasteiger partial charge in [0.25, 0.3) is 5.69 Å². The van der Waals surface area contributed by atoms with Crippen molar-refractivity contribution in [2.24, 2.45) is 10.7 Å². The van der Waals surface area contributed by atoms with Crippen molar-refractivity contribution in [3.8, 4) is 0 Å². The lowest BCUT2D eigenvalue weighted by molar-refractivity contribution is -0.385. The summed E-state index contributed by atoms with van der Waals surface area (Å²) >= 11 is 3.34. The summed E-state index contributed by atoms with van der Waals surface area (Å²) in [6, 6.07) is 10.1. The molecule has 0 radical (unpaired) electrons. The molecular formula is C12H10BrN5O2. The van der Waals surface area contributed by atoms with E-state index in [0.717, 1.165) is 16.4 Å². The highest BCUT2D eigenvalue weighted by Crippen LogP contribution is 2.16. The normalized spacial score (nSPS) is 11.2. The third kappa shape index (κ3) is 3.75. The fraction of sp³-hybridized carbons (Fsp3) is 0. The Hall–Kier alpha value is -2.48. The molecule has 20 heavy (non-hydrogen) atoms. The number of hydrogen-bond acceptors (Lipinski definition) is 4. The molecule has 7 nitrogen and oxygen atoms in total. The zero-order valence-electron chi connectivity index (χ0n) is 10.2. The molecule has 3 N–H and O–H groups in total. The first-order chi connectivity index (χ1) is 9.54. The Morgan fingerprint density at radius 3 is 2.80 bits per heavy atom. The lowest BCUT2D eigenvalue weighted by Gasteiger charge is -2.05. The Labute approximate surface area is 122 Å². The minimum Gasteiger partial charge on any atom is -0.369 e. The van der Waals surface area contributed by atoms with Crippen LogP contribution in [-0.2, 0) is 0 Å². The SMILES string of the molecule is NC(=Nc1ccc([N+](=O)[O-])cn1)Nc1cccc(Br)c1. The molecule has 0 aliphatic carbocycles. The van der Waals surface area contributed by atoms with Crippen LogP contribution in [0.2, 0.25) is 0 Å². The summed E-state index contributed by atoms with van der Waals surface area (Å²) in [4.78, 5) is 17.8. The third-order valence-electron chi connectivity index (χ3n) is 2.28. The van der Waals surface area contributed by atoms with E-state index in [1.807, 2.05) is 24.3 Å². The van der Waals surface area contributed by atoms with Crippen molar-refractivity contribution in [1.29, 1.82) is 0 Å². The van der Waals surface area contributed by atoms with E-state index in [9.17, 15) is 10.1 Å². The summed E-state index contributed by atoms with van der Waals surface area (Å²) in [7, 11) is 0. The van der Waals surface area contributed by atoms with Crippen LogP contribution in [0.25, 0.3) is 0 Å². The van der Waals surface area contributed by atoms with Crippen molar-refractivity contribution in [1.82, 2.24) is 4.98 Å². The average Bonchev–Trinajstić information content (AvgIpc) is 2.39. The Kier molecular flexibility index (Phi) is 4.26. The fourth-order valence-corrected chi connectivity index (χ4v) is 1.82. The van der Waals surface area contributed by atoms with E-state index in [1.54, 1.807) is 0 Å². The zero-order valence-corrected chi connectivity index (χ0v) is 11.7. The maximum Gasteiger partial charge on any atom is 0.287 e. The van der Waals surface area contributed by atoms with Gasteiger partial charge < -0.3 is 11.1 Å². The second kappa shape index (κ2) is 6.11. The second-order valence-corrected chi connectivity index (χ2v) is 4.68. The monoisotopic (exact) mass is 335 g/mol. The van der Waals surface area contributed by atoms with Crippen molar-refractivity contribution >= 4 is 39.1 Å². The van der Waals surface area contributed by atoms with Crippen molar-refractivity contribution in [2.45, 2.75) is 0 Å². The van der Waals surface area contributed by atoms with Crippen molar-refractivity contribution in [2.75, 3.05) is 5.32 Å². The van der Waals surface area contributed by atoms with Crippen LogP contribution in [0.5, 0.6) is 0 Å². The number of aliphatic imine (C=N–C) groups is 1. The number of aromatic nitrogens is 1. The van der Waals surface area contributed by atoms with Gasteiger partial charge in [0.1, 0.15) is 6.20 Å². The average molecular weight is 336 g/mol. The minimum atomic E-state index is -0.524. The molecule has 0 aliphatic heterocycles. The van der Waals surface area contributed by atoms with Gasteiger partial charge in [-0.25, -0.2) is 4.98 Å². The van der Waals surface area contributed by atoms with Crippen molar-refractivity contribution < 1.29 is 4.92 Å². The zero-order chi connectivity index (χ0) is 14.5. The van der Waals surface area contributed by atoms with Crippen LogP contribution in [0.4, 0.5) is 17.2 Å². The molecule has 102 valence electrons. The molecule has 1 aromatic heterocycles. The first kappa shape index (κ1) is 13.9. The molecule has 1 heterocycles. The maximum absolute atomic E-state index is 10.5. The topological polar surface area (TPSA) is 106 Å². The van der Waals surface area contributed by atoms with Gasteiger partial charge in [0, 0.05) is 16.2 Å². The number of hydrogen-bond donors (Lipinski definition) is 2. The molecule has 0 amide bonds. The highest BCUT2D eigenvalue weighted by atomic mass is 79.9. The molecule has 0 saturated carbocycles. The molecule has 0 fully saturated rings. The summed E-state index contributed by atoms with van der Waals surface area (Å²) in [6.45, 7) is 0. The van der Waals surface area contributed by atoms with Gasteiger partial charge in [-0.3, -0.25) is 10.1 Å². The molecular weight excluding hydrogens is 326 g/mol. The van der Waals surface area contributed by atoms with Crippen molar-refractivity contribution in [3.05, 3.63) is 57.2 Å². The largest absolute Gasteiger partial charge is 0.369 e. The first-order valence-corrected chi connectivity index (χ1v) is 6.31.